The minimum Gasteiger partial charge on any atom is -0.493 e. The lowest BCUT2D eigenvalue weighted by Crippen LogP contribution is -2.36. The Kier molecular flexibility index (Phi) is 5.48. The molecule has 0 amide bonds. The standard InChI is InChI=1S/C15H23NO3/c1-3-19-15-9-12(6-7-14(15)17-2)10-16-13-5-4-8-18-11-13/h6-7,9,13,16H,3-5,8,10-11H2,1-2H3. The number of hydrogen-bond acceptors (Lipinski definition) is 4. The van der Waals surface area contributed by atoms with E-state index < -0.39 is 0 Å². The molecule has 0 aliphatic carbocycles. The summed E-state index contributed by atoms with van der Waals surface area (Å²) in [6.07, 6.45) is 2.33. The number of ether oxygens (including phenoxy) is 3. The van der Waals surface area contributed by atoms with E-state index in [9.17, 15) is 0 Å². The molecule has 106 valence electrons. The van der Waals surface area contributed by atoms with E-state index in [0.717, 1.165) is 37.7 Å². The third kappa shape index (κ3) is 4.11. The first-order valence-corrected chi connectivity index (χ1v) is 6.94. The topological polar surface area (TPSA) is 39.7 Å². The van der Waals surface area contributed by atoms with Gasteiger partial charge in [0.05, 0.1) is 20.3 Å². The summed E-state index contributed by atoms with van der Waals surface area (Å²) >= 11 is 0. The van der Waals surface area contributed by atoms with Crippen LogP contribution in [0, 0.1) is 0 Å². The maximum atomic E-state index is 5.58. The molecule has 0 bridgehead atoms. The van der Waals surface area contributed by atoms with Crippen molar-refractivity contribution in [2.45, 2.75) is 32.4 Å². The second-order valence-corrected chi connectivity index (χ2v) is 4.71. The van der Waals surface area contributed by atoms with Crippen LogP contribution in [0.5, 0.6) is 11.5 Å². The van der Waals surface area contributed by atoms with E-state index in [1.54, 1.807) is 7.11 Å². The molecule has 1 aliphatic heterocycles. The maximum Gasteiger partial charge on any atom is 0.161 e. The Balaban J connectivity index is 1.93. The lowest BCUT2D eigenvalue weighted by Gasteiger charge is -2.23. The largest absolute Gasteiger partial charge is 0.493 e. The van der Waals surface area contributed by atoms with E-state index in [1.165, 1.54) is 12.0 Å². The second-order valence-electron chi connectivity index (χ2n) is 4.71. The first kappa shape index (κ1) is 14.2. The lowest BCUT2D eigenvalue weighted by atomic mass is 10.1. The summed E-state index contributed by atoms with van der Waals surface area (Å²) in [6, 6.07) is 6.53. The van der Waals surface area contributed by atoms with Gasteiger partial charge in [-0.05, 0) is 37.5 Å². The van der Waals surface area contributed by atoms with Crippen molar-refractivity contribution in [2.24, 2.45) is 0 Å². The molecule has 1 aliphatic rings. The van der Waals surface area contributed by atoms with Gasteiger partial charge in [0, 0.05) is 19.2 Å². The van der Waals surface area contributed by atoms with Crippen molar-refractivity contribution in [3.63, 3.8) is 0 Å². The third-order valence-corrected chi connectivity index (χ3v) is 3.28. The van der Waals surface area contributed by atoms with E-state index in [2.05, 4.69) is 11.4 Å². The van der Waals surface area contributed by atoms with E-state index in [4.69, 9.17) is 14.2 Å². The normalized spacial score (nSPS) is 19.2. The zero-order valence-electron chi connectivity index (χ0n) is 11.8. The van der Waals surface area contributed by atoms with Gasteiger partial charge in [0.2, 0.25) is 0 Å². The summed E-state index contributed by atoms with van der Waals surface area (Å²) in [5.41, 5.74) is 1.20. The lowest BCUT2D eigenvalue weighted by molar-refractivity contribution is 0.0699. The number of methoxy groups -OCH3 is 1. The molecule has 1 N–H and O–H groups in total. The van der Waals surface area contributed by atoms with Crippen LogP contribution in [0.4, 0.5) is 0 Å². The molecule has 1 fully saturated rings. The van der Waals surface area contributed by atoms with Crippen molar-refractivity contribution in [2.75, 3.05) is 26.9 Å². The minimum absolute atomic E-state index is 0.464. The second kappa shape index (κ2) is 7.36. The minimum atomic E-state index is 0.464. The van der Waals surface area contributed by atoms with Crippen molar-refractivity contribution < 1.29 is 14.2 Å². The van der Waals surface area contributed by atoms with Gasteiger partial charge in [0.25, 0.3) is 0 Å². The Morgan fingerprint density at radius 1 is 1.37 bits per heavy atom. The van der Waals surface area contributed by atoms with E-state index in [-0.39, 0.29) is 0 Å². The average Bonchev–Trinajstić information content (AvgIpc) is 2.47. The van der Waals surface area contributed by atoms with Crippen molar-refractivity contribution in [1.82, 2.24) is 5.32 Å². The smallest absolute Gasteiger partial charge is 0.161 e. The fourth-order valence-electron chi connectivity index (χ4n) is 2.26. The highest BCUT2D eigenvalue weighted by Gasteiger charge is 2.13. The van der Waals surface area contributed by atoms with Crippen LogP contribution in [0.15, 0.2) is 18.2 Å². The van der Waals surface area contributed by atoms with Crippen LogP contribution in [-0.4, -0.2) is 33.0 Å². The van der Waals surface area contributed by atoms with Crippen LogP contribution >= 0.6 is 0 Å². The van der Waals surface area contributed by atoms with Gasteiger partial charge in [-0.1, -0.05) is 6.07 Å². The zero-order chi connectivity index (χ0) is 13.5. The van der Waals surface area contributed by atoms with Gasteiger partial charge in [-0.25, -0.2) is 0 Å². The molecule has 0 spiro atoms. The fourth-order valence-corrected chi connectivity index (χ4v) is 2.26. The van der Waals surface area contributed by atoms with Gasteiger partial charge in [0.1, 0.15) is 0 Å². The molecule has 1 atom stereocenters. The molecule has 1 aromatic carbocycles. The van der Waals surface area contributed by atoms with Crippen LogP contribution in [0.1, 0.15) is 25.3 Å². The Morgan fingerprint density at radius 3 is 2.95 bits per heavy atom. The van der Waals surface area contributed by atoms with Gasteiger partial charge < -0.3 is 19.5 Å². The first-order valence-electron chi connectivity index (χ1n) is 6.94. The SMILES string of the molecule is CCOc1cc(CNC2CCCOC2)ccc1OC. The van der Waals surface area contributed by atoms with E-state index in [1.807, 2.05) is 19.1 Å². The molecule has 19 heavy (non-hydrogen) atoms. The Labute approximate surface area is 115 Å². The van der Waals surface area contributed by atoms with E-state index in [0.29, 0.717) is 12.6 Å². The highest BCUT2D eigenvalue weighted by Crippen LogP contribution is 2.28. The average molecular weight is 265 g/mol. The summed E-state index contributed by atoms with van der Waals surface area (Å²) in [4.78, 5) is 0. The molecular weight excluding hydrogens is 242 g/mol. The molecule has 1 aromatic rings. The zero-order valence-corrected chi connectivity index (χ0v) is 11.8. The highest BCUT2D eigenvalue weighted by atomic mass is 16.5. The number of benzene rings is 1. The quantitative estimate of drug-likeness (QED) is 0.857. The summed E-state index contributed by atoms with van der Waals surface area (Å²) < 4.78 is 16.3. The number of hydrogen-bond donors (Lipinski definition) is 1. The third-order valence-electron chi connectivity index (χ3n) is 3.28. The monoisotopic (exact) mass is 265 g/mol. The molecule has 0 radical (unpaired) electrons. The van der Waals surface area contributed by atoms with Gasteiger partial charge >= 0.3 is 0 Å². The summed E-state index contributed by atoms with van der Waals surface area (Å²) in [5, 5.41) is 3.52. The van der Waals surface area contributed by atoms with Crippen LogP contribution in [0.3, 0.4) is 0 Å². The molecule has 1 heterocycles. The van der Waals surface area contributed by atoms with Crippen molar-refractivity contribution in [1.29, 1.82) is 0 Å². The van der Waals surface area contributed by atoms with Crippen LogP contribution in [-0.2, 0) is 11.3 Å². The Bertz CT molecular complexity index is 389. The van der Waals surface area contributed by atoms with Crippen LogP contribution < -0.4 is 14.8 Å². The predicted molar refractivity (Wildman–Crippen MR) is 74.8 cm³/mol. The molecule has 0 saturated carbocycles. The molecule has 2 rings (SSSR count). The number of nitrogens with one attached hydrogen (secondary N) is 1. The summed E-state index contributed by atoms with van der Waals surface area (Å²) in [7, 11) is 1.66. The van der Waals surface area contributed by atoms with Crippen molar-refractivity contribution >= 4 is 0 Å². The van der Waals surface area contributed by atoms with Crippen molar-refractivity contribution in [3.8, 4) is 11.5 Å². The molecular formula is C15H23NO3. The van der Waals surface area contributed by atoms with Crippen molar-refractivity contribution in [3.05, 3.63) is 23.8 Å². The van der Waals surface area contributed by atoms with Crippen LogP contribution in [0.2, 0.25) is 0 Å². The first-order chi connectivity index (χ1) is 9.33. The molecule has 0 aromatic heterocycles. The predicted octanol–water partition coefficient (Wildman–Crippen LogP) is 2.36. The summed E-state index contributed by atoms with van der Waals surface area (Å²) in [5.74, 6) is 1.59. The van der Waals surface area contributed by atoms with Crippen LogP contribution in [0.25, 0.3) is 0 Å². The van der Waals surface area contributed by atoms with Gasteiger partial charge in [-0.2, -0.15) is 0 Å². The molecule has 1 saturated heterocycles. The molecule has 4 heteroatoms. The Hall–Kier alpha value is -1.26. The Morgan fingerprint density at radius 2 is 2.26 bits per heavy atom. The van der Waals surface area contributed by atoms with Gasteiger partial charge in [-0.3, -0.25) is 0 Å². The summed E-state index contributed by atoms with van der Waals surface area (Å²) in [6.45, 7) is 5.16. The fraction of sp³-hybridized carbons (Fsp3) is 0.600. The number of rotatable bonds is 6. The molecule has 4 nitrogen and oxygen atoms in total. The van der Waals surface area contributed by atoms with E-state index >= 15 is 0 Å². The highest BCUT2D eigenvalue weighted by molar-refractivity contribution is 5.42. The van der Waals surface area contributed by atoms with Gasteiger partial charge in [0.15, 0.2) is 11.5 Å². The molecule has 1 unspecified atom stereocenters. The maximum absolute atomic E-state index is 5.58. The van der Waals surface area contributed by atoms with Gasteiger partial charge in [-0.15, -0.1) is 0 Å².